The summed E-state index contributed by atoms with van der Waals surface area (Å²) in [5.41, 5.74) is 0.360. The Morgan fingerprint density at radius 1 is 1.33 bits per heavy atom. The number of amides is 1. The molecular weight excluding hydrogens is 345 g/mol. The molecule has 7 heteroatoms. The third-order valence-electron chi connectivity index (χ3n) is 4.94. The first-order valence-corrected chi connectivity index (χ1v) is 9.34. The quantitative estimate of drug-likeness (QED) is 0.593. The van der Waals surface area contributed by atoms with E-state index >= 15 is 0 Å². The van der Waals surface area contributed by atoms with Crippen LogP contribution >= 0.6 is 0 Å². The van der Waals surface area contributed by atoms with Crippen LogP contribution in [0.3, 0.4) is 0 Å². The van der Waals surface area contributed by atoms with Crippen molar-refractivity contribution in [2.75, 3.05) is 27.2 Å². The van der Waals surface area contributed by atoms with Gasteiger partial charge in [-0.2, -0.15) is 5.26 Å². The fraction of sp³-hybridized carbons (Fsp3) is 0.550. The zero-order valence-corrected chi connectivity index (χ0v) is 16.3. The molecule has 0 unspecified atom stereocenters. The van der Waals surface area contributed by atoms with Crippen LogP contribution < -0.4 is 10.6 Å². The summed E-state index contributed by atoms with van der Waals surface area (Å²) in [5, 5.41) is 15.4. The number of rotatable bonds is 6. The van der Waals surface area contributed by atoms with Crippen LogP contribution in [0.5, 0.6) is 0 Å². The largest absolute Gasteiger partial charge is 0.357 e. The predicted molar refractivity (Wildman–Crippen MR) is 104 cm³/mol. The van der Waals surface area contributed by atoms with Crippen LogP contribution in [0.15, 0.2) is 23.2 Å². The second-order valence-electron chi connectivity index (χ2n) is 7.15. The lowest BCUT2D eigenvalue weighted by Crippen LogP contribution is -2.49. The van der Waals surface area contributed by atoms with E-state index in [2.05, 4.69) is 15.6 Å². The topological polar surface area (TPSA) is 80.5 Å². The lowest BCUT2D eigenvalue weighted by molar-refractivity contribution is -0.138. The summed E-state index contributed by atoms with van der Waals surface area (Å²) < 4.78 is 14.0. The van der Waals surface area contributed by atoms with E-state index in [0.717, 1.165) is 25.7 Å². The Hall–Kier alpha value is -2.62. The van der Waals surface area contributed by atoms with Gasteiger partial charge in [-0.05, 0) is 38.0 Å². The molecule has 0 saturated heterocycles. The van der Waals surface area contributed by atoms with E-state index in [-0.39, 0.29) is 18.3 Å². The molecule has 2 N–H and O–H groups in total. The van der Waals surface area contributed by atoms with Gasteiger partial charge >= 0.3 is 0 Å². The highest BCUT2D eigenvalue weighted by molar-refractivity contribution is 5.85. The average molecular weight is 373 g/mol. The van der Waals surface area contributed by atoms with Crippen molar-refractivity contribution in [1.29, 1.82) is 5.26 Å². The first kappa shape index (κ1) is 20.7. The smallest absolute Gasteiger partial charge is 0.230 e. The molecule has 0 aliphatic heterocycles. The minimum atomic E-state index is -0.411. The van der Waals surface area contributed by atoms with Crippen LogP contribution in [0, 0.1) is 22.6 Å². The first-order chi connectivity index (χ1) is 12.9. The van der Waals surface area contributed by atoms with Gasteiger partial charge in [-0.1, -0.05) is 12.8 Å². The highest BCUT2D eigenvalue weighted by atomic mass is 19.1. The molecular formula is C20H28FN5O. The van der Waals surface area contributed by atoms with Crippen LogP contribution in [-0.4, -0.2) is 44.0 Å². The second-order valence-corrected chi connectivity index (χ2v) is 7.15. The number of carbonyl (C=O) groups is 1. The minimum Gasteiger partial charge on any atom is -0.357 e. The first-order valence-electron chi connectivity index (χ1n) is 9.34. The van der Waals surface area contributed by atoms with Crippen molar-refractivity contribution in [1.82, 2.24) is 15.5 Å². The number of hydrogen-bond acceptors (Lipinski definition) is 3. The van der Waals surface area contributed by atoms with Gasteiger partial charge in [0.15, 0.2) is 5.96 Å². The van der Waals surface area contributed by atoms with E-state index in [0.29, 0.717) is 30.2 Å². The summed E-state index contributed by atoms with van der Waals surface area (Å²) in [5.74, 6) is 0.289. The maximum absolute atomic E-state index is 14.0. The maximum atomic E-state index is 14.0. The van der Waals surface area contributed by atoms with Gasteiger partial charge in [0.1, 0.15) is 5.82 Å². The molecule has 0 heterocycles. The van der Waals surface area contributed by atoms with Crippen molar-refractivity contribution in [3.63, 3.8) is 0 Å². The van der Waals surface area contributed by atoms with Crippen molar-refractivity contribution in [2.24, 2.45) is 10.4 Å². The van der Waals surface area contributed by atoms with Gasteiger partial charge in [-0.15, -0.1) is 0 Å². The van der Waals surface area contributed by atoms with Crippen molar-refractivity contribution in [3.8, 4) is 6.07 Å². The summed E-state index contributed by atoms with van der Waals surface area (Å²) in [4.78, 5) is 18.8. The van der Waals surface area contributed by atoms with Crippen LogP contribution in [0.1, 0.15) is 43.7 Å². The summed E-state index contributed by atoms with van der Waals surface area (Å²) in [6, 6.07) is 6.25. The van der Waals surface area contributed by atoms with Crippen molar-refractivity contribution < 1.29 is 9.18 Å². The van der Waals surface area contributed by atoms with E-state index in [1.807, 2.05) is 13.0 Å². The van der Waals surface area contributed by atoms with Crippen molar-refractivity contribution in [3.05, 3.63) is 35.1 Å². The predicted octanol–water partition coefficient (Wildman–Crippen LogP) is 2.40. The molecule has 27 heavy (non-hydrogen) atoms. The van der Waals surface area contributed by atoms with E-state index in [4.69, 9.17) is 5.26 Å². The van der Waals surface area contributed by atoms with Gasteiger partial charge in [0.25, 0.3) is 0 Å². The van der Waals surface area contributed by atoms with E-state index < -0.39 is 5.41 Å². The Bertz CT molecular complexity index is 732. The molecule has 1 aliphatic carbocycles. The highest BCUT2D eigenvalue weighted by Crippen LogP contribution is 2.38. The Balaban J connectivity index is 2.12. The van der Waals surface area contributed by atoms with Gasteiger partial charge in [-0.25, -0.2) is 9.38 Å². The van der Waals surface area contributed by atoms with Crippen molar-refractivity contribution >= 4 is 11.9 Å². The molecule has 0 bridgehead atoms. The molecule has 1 fully saturated rings. The van der Waals surface area contributed by atoms with Crippen LogP contribution in [0.2, 0.25) is 0 Å². The second kappa shape index (κ2) is 9.36. The third kappa shape index (κ3) is 5.19. The monoisotopic (exact) mass is 373 g/mol. The summed E-state index contributed by atoms with van der Waals surface area (Å²) in [6.07, 6.45) is 3.80. The number of nitrogens with one attached hydrogen (secondary N) is 2. The zero-order valence-electron chi connectivity index (χ0n) is 16.3. The molecule has 0 radical (unpaired) electrons. The molecule has 6 nitrogen and oxygen atoms in total. The average Bonchev–Trinajstić information content (AvgIpc) is 3.14. The lowest BCUT2D eigenvalue weighted by Gasteiger charge is -2.31. The van der Waals surface area contributed by atoms with Gasteiger partial charge in [0, 0.05) is 32.7 Å². The summed E-state index contributed by atoms with van der Waals surface area (Å²) >= 11 is 0. The SMILES string of the molecule is CCNC(=NCc1cc(C#N)ccc1F)NCC1(C(=O)N(C)C)CCCC1. The molecule has 1 amide bonds. The maximum Gasteiger partial charge on any atom is 0.230 e. The lowest BCUT2D eigenvalue weighted by atomic mass is 9.84. The Morgan fingerprint density at radius 3 is 2.63 bits per heavy atom. The number of hydrogen-bond donors (Lipinski definition) is 2. The molecule has 0 aromatic heterocycles. The zero-order chi connectivity index (χ0) is 19.9. The van der Waals surface area contributed by atoms with E-state index in [9.17, 15) is 9.18 Å². The van der Waals surface area contributed by atoms with Crippen LogP contribution in [-0.2, 0) is 11.3 Å². The van der Waals surface area contributed by atoms with E-state index in [1.165, 1.54) is 18.2 Å². The number of aliphatic imine (C=N–C) groups is 1. The van der Waals surface area contributed by atoms with Gasteiger partial charge < -0.3 is 15.5 Å². The minimum absolute atomic E-state index is 0.116. The number of benzene rings is 1. The molecule has 0 atom stereocenters. The molecule has 1 aliphatic rings. The number of carbonyl (C=O) groups excluding carboxylic acids is 1. The van der Waals surface area contributed by atoms with E-state index in [1.54, 1.807) is 19.0 Å². The van der Waals surface area contributed by atoms with Crippen LogP contribution in [0.25, 0.3) is 0 Å². The fourth-order valence-corrected chi connectivity index (χ4v) is 3.52. The molecule has 1 aromatic rings. The number of halogens is 1. The summed E-state index contributed by atoms with van der Waals surface area (Å²) in [6.45, 7) is 3.22. The normalized spacial score (nSPS) is 15.9. The molecule has 0 spiro atoms. The Kier molecular flexibility index (Phi) is 7.17. The third-order valence-corrected chi connectivity index (χ3v) is 4.94. The fourth-order valence-electron chi connectivity index (χ4n) is 3.52. The molecule has 146 valence electrons. The number of nitriles is 1. The molecule has 1 aromatic carbocycles. The number of nitrogens with zero attached hydrogens (tertiary/aromatic N) is 3. The van der Waals surface area contributed by atoms with Gasteiger partial charge in [0.05, 0.1) is 23.6 Å². The number of guanidine groups is 1. The summed E-state index contributed by atoms with van der Waals surface area (Å²) in [7, 11) is 3.57. The molecule has 2 rings (SSSR count). The van der Waals surface area contributed by atoms with Gasteiger partial charge in [0.2, 0.25) is 5.91 Å². The standard InChI is InChI=1S/C20H28FN5O/c1-4-23-19(24-13-16-11-15(12-22)7-8-17(16)21)25-14-20(9-5-6-10-20)18(27)26(2)3/h7-8,11H,4-6,9-10,13-14H2,1-3H3,(H2,23,24,25). The Labute approximate surface area is 160 Å². The Morgan fingerprint density at radius 2 is 2.04 bits per heavy atom. The molecule has 1 saturated carbocycles. The van der Waals surface area contributed by atoms with Crippen molar-refractivity contribution in [2.45, 2.75) is 39.2 Å². The van der Waals surface area contributed by atoms with Crippen LogP contribution in [0.4, 0.5) is 4.39 Å². The highest BCUT2D eigenvalue weighted by Gasteiger charge is 2.42. The van der Waals surface area contributed by atoms with Gasteiger partial charge in [-0.3, -0.25) is 4.79 Å².